The van der Waals surface area contributed by atoms with E-state index in [-0.39, 0.29) is 12.5 Å². The fraction of sp³-hybridized carbons (Fsp3) is 0.682. The van der Waals surface area contributed by atoms with Gasteiger partial charge in [0, 0.05) is 17.6 Å². The maximum Gasteiger partial charge on any atom is 0.251 e. The molecule has 26 heavy (non-hydrogen) atoms. The molecule has 0 aromatic heterocycles. The minimum Gasteiger partial charge on any atom is -0.394 e. The molecule has 0 atom stereocenters. The minimum atomic E-state index is -0.403. The molecule has 0 aliphatic heterocycles. The first-order valence-electron chi connectivity index (χ1n) is 9.75. The van der Waals surface area contributed by atoms with E-state index in [1.54, 1.807) is 13.8 Å². The summed E-state index contributed by atoms with van der Waals surface area (Å²) in [5.41, 5.74) is 8.04. The number of nitrogens with two attached hydrogens (primary N) is 1. The highest BCUT2D eigenvalue weighted by atomic mass is 16.3. The lowest BCUT2D eigenvalue weighted by atomic mass is 9.98. The third-order valence-corrected chi connectivity index (χ3v) is 3.44. The van der Waals surface area contributed by atoms with Gasteiger partial charge in [-0.3, -0.25) is 4.79 Å². The Kier molecular flexibility index (Phi) is 14.2. The molecule has 1 aromatic rings. The van der Waals surface area contributed by atoms with Gasteiger partial charge in [-0.2, -0.15) is 0 Å². The van der Waals surface area contributed by atoms with E-state index in [1.807, 2.05) is 32.9 Å². The molecule has 0 aliphatic carbocycles. The molecule has 0 bridgehead atoms. The number of aliphatic hydroxyl groups is 1. The summed E-state index contributed by atoms with van der Waals surface area (Å²) in [6.07, 6.45) is 1.02. The second-order valence-electron chi connectivity index (χ2n) is 7.87. The van der Waals surface area contributed by atoms with E-state index in [0.29, 0.717) is 11.8 Å². The lowest BCUT2D eigenvalue weighted by Crippen LogP contribution is -2.35. The van der Waals surface area contributed by atoms with Crippen molar-refractivity contribution >= 4 is 5.91 Å². The fourth-order valence-electron chi connectivity index (χ4n) is 1.85. The Labute approximate surface area is 161 Å². The molecule has 1 rings (SSSR count). The first-order chi connectivity index (χ1) is 12.0. The van der Waals surface area contributed by atoms with Gasteiger partial charge in [0.2, 0.25) is 0 Å². The second kappa shape index (κ2) is 13.8. The zero-order valence-electron chi connectivity index (χ0n) is 18.4. The standard InChI is InChI=1S/C16H25NO.C4H11NO.C2H6/c1-11(2)6-7-17-16(18)15-9-13(5)8-14(10-15)12(3)4;1-4(2,5)3-6;1-2/h8-12H,6-7H2,1-5H3,(H,17,18);6H,3,5H2,1-2H3;1-2H3. The van der Waals surface area contributed by atoms with Crippen molar-refractivity contribution in [3.63, 3.8) is 0 Å². The SMILES string of the molecule is CC.CC(C)(N)CO.Cc1cc(C(=O)NCCC(C)C)cc(C(C)C)c1. The van der Waals surface area contributed by atoms with Gasteiger partial charge in [0.05, 0.1) is 6.61 Å². The Balaban J connectivity index is 0. The molecule has 1 amide bonds. The van der Waals surface area contributed by atoms with Gasteiger partial charge in [-0.1, -0.05) is 53.2 Å². The van der Waals surface area contributed by atoms with Crippen LogP contribution in [0.2, 0.25) is 0 Å². The highest BCUT2D eigenvalue weighted by molar-refractivity contribution is 5.94. The Bertz CT molecular complexity index is 503. The lowest BCUT2D eigenvalue weighted by Gasteiger charge is -2.12. The summed E-state index contributed by atoms with van der Waals surface area (Å²) in [6.45, 7) is 19.0. The van der Waals surface area contributed by atoms with E-state index >= 15 is 0 Å². The summed E-state index contributed by atoms with van der Waals surface area (Å²) >= 11 is 0. The van der Waals surface area contributed by atoms with Crippen LogP contribution < -0.4 is 11.1 Å². The Hall–Kier alpha value is -1.39. The summed E-state index contributed by atoms with van der Waals surface area (Å²) in [4.78, 5) is 12.0. The first kappa shape index (κ1) is 26.8. The molecule has 0 saturated heterocycles. The largest absolute Gasteiger partial charge is 0.394 e. The van der Waals surface area contributed by atoms with E-state index < -0.39 is 5.54 Å². The minimum absolute atomic E-state index is 0.0428. The highest BCUT2D eigenvalue weighted by Gasteiger charge is 2.09. The molecular weight excluding hydrogens is 324 g/mol. The molecule has 0 unspecified atom stereocenters. The molecule has 0 spiro atoms. The number of carbonyl (C=O) groups is 1. The summed E-state index contributed by atoms with van der Waals surface area (Å²) in [5, 5.41) is 11.3. The zero-order valence-corrected chi connectivity index (χ0v) is 18.4. The average Bonchev–Trinajstić information content (AvgIpc) is 2.55. The number of hydrogen-bond donors (Lipinski definition) is 3. The molecule has 0 fully saturated rings. The maximum absolute atomic E-state index is 12.0. The molecule has 4 heteroatoms. The van der Waals surface area contributed by atoms with Gasteiger partial charge in [0.1, 0.15) is 0 Å². The predicted octanol–water partition coefficient (Wildman–Crippen LogP) is 4.64. The Morgan fingerprint density at radius 1 is 1.15 bits per heavy atom. The van der Waals surface area contributed by atoms with Gasteiger partial charge in [0.15, 0.2) is 0 Å². The van der Waals surface area contributed by atoms with Crippen LogP contribution in [0, 0.1) is 12.8 Å². The van der Waals surface area contributed by atoms with Crippen molar-refractivity contribution < 1.29 is 9.90 Å². The van der Waals surface area contributed by atoms with Crippen molar-refractivity contribution in [3.05, 3.63) is 34.9 Å². The van der Waals surface area contributed by atoms with Crippen molar-refractivity contribution in [2.45, 2.75) is 80.2 Å². The first-order valence-corrected chi connectivity index (χ1v) is 9.75. The number of carbonyl (C=O) groups excluding carboxylic acids is 1. The van der Waals surface area contributed by atoms with Crippen LogP contribution >= 0.6 is 0 Å². The topological polar surface area (TPSA) is 75.3 Å². The Morgan fingerprint density at radius 3 is 2.04 bits per heavy atom. The Morgan fingerprint density at radius 2 is 1.65 bits per heavy atom. The molecule has 0 aliphatic rings. The van der Waals surface area contributed by atoms with Crippen LogP contribution in [0.4, 0.5) is 0 Å². The van der Waals surface area contributed by atoms with Gasteiger partial charge >= 0.3 is 0 Å². The fourth-order valence-corrected chi connectivity index (χ4v) is 1.85. The summed E-state index contributed by atoms with van der Waals surface area (Å²) < 4.78 is 0. The third-order valence-electron chi connectivity index (χ3n) is 3.44. The van der Waals surface area contributed by atoms with Gasteiger partial charge in [-0.25, -0.2) is 0 Å². The van der Waals surface area contributed by atoms with Gasteiger partial charge in [-0.15, -0.1) is 0 Å². The summed E-state index contributed by atoms with van der Waals surface area (Å²) in [6, 6.07) is 6.11. The van der Waals surface area contributed by atoms with E-state index in [4.69, 9.17) is 10.8 Å². The molecular formula is C22H42N2O2. The highest BCUT2D eigenvalue weighted by Crippen LogP contribution is 2.18. The van der Waals surface area contributed by atoms with Crippen molar-refractivity contribution in [2.24, 2.45) is 11.7 Å². The lowest BCUT2D eigenvalue weighted by molar-refractivity contribution is 0.0952. The number of hydrogen-bond acceptors (Lipinski definition) is 3. The zero-order chi connectivity index (χ0) is 20.9. The van der Waals surface area contributed by atoms with Gasteiger partial charge in [-0.05, 0) is 56.7 Å². The number of rotatable bonds is 6. The van der Waals surface area contributed by atoms with Crippen LogP contribution in [-0.2, 0) is 0 Å². The van der Waals surface area contributed by atoms with E-state index in [9.17, 15) is 4.79 Å². The molecule has 0 radical (unpaired) electrons. The number of aliphatic hydroxyl groups excluding tert-OH is 1. The van der Waals surface area contributed by atoms with Crippen molar-refractivity contribution in [3.8, 4) is 0 Å². The van der Waals surface area contributed by atoms with E-state index in [2.05, 4.69) is 39.1 Å². The molecule has 4 N–H and O–H groups in total. The smallest absolute Gasteiger partial charge is 0.251 e. The van der Waals surface area contributed by atoms with Crippen molar-refractivity contribution in [1.82, 2.24) is 5.32 Å². The summed E-state index contributed by atoms with van der Waals surface area (Å²) in [5.74, 6) is 1.11. The van der Waals surface area contributed by atoms with Crippen LogP contribution in [0.5, 0.6) is 0 Å². The summed E-state index contributed by atoms with van der Waals surface area (Å²) in [7, 11) is 0. The van der Waals surface area contributed by atoms with Gasteiger partial charge < -0.3 is 16.2 Å². The number of aryl methyl sites for hydroxylation is 1. The normalized spacial score (nSPS) is 10.7. The third kappa shape index (κ3) is 13.9. The maximum atomic E-state index is 12.0. The van der Waals surface area contributed by atoms with Crippen molar-refractivity contribution in [1.29, 1.82) is 0 Å². The van der Waals surface area contributed by atoms with Crippen LogP contribution in [0.15, 0.2) is 18.2 Å². The van der Waals surface area contributed by atoms with Crippen molar-refractivity contribution in [2.75, 3.05) is 13.2 Å². The molecule has 4 nitrogen and oxygen atoms in total. The monoisotopic (exact) mass is 366 g/mol. The number of amides is 1. The average molecular weight is 367 g/mol. The predicted molar refractivity (Wildman–Crippen MR) is 114 cm³/mol. The number of benzene rings is 1. The molecule has 1 aromatic carbocycles. The molecule has 0 heterocycles. The van der Waals surface area contributed by atoms with Gasteiger partial charge in [0.25, 0.3) is 5.91 Å². The van der Waals surface area contributed by atoms with Crippen LogP contribution in [0.3, 0.4) is 0 Å². The van der Waals surface area contributed by atoms with E-state index in [1.165, 1.54) is 5.56 Å². The van der Waals surface area contributed by atoms with Crippen LogP contribution in [-0.4, -0.2) is 29.7 Å². The number of nitrogens with one attached hydrogen (secondary N) is 1. The quantitative estimate of drug-likeness (QED) is 0.686. The molecule has 152 valence electrons. The van der Waals surface area contributed by atoms with Crippen LogP contribution in [0.25, 0.3) is 0 Å². The second-order valence-corrected chi connectivity index (χ2v) is 7.87. The van der Waals surface area contributed by atoms with Crippen LogP contribution in [0.1, 0.15) is 89.2 Å². The van der Waals surface area contributed by atoms with E-state index in [0.717, 1.165) is 24.1 Å². The molecule has 0 saturated carbocycles.